The Morgan fingerprint density at radius 2 is 1.80 bits per heavy atom. The van der Waals surface area contributed by atoms with Crippen molar-refractivity contribution in [2.45, 2.75) is 26.3 Å². The maximum atomic E-state index is 6.04. The number of benzene rings is 2. The van der Waals surface area contributed by atoms with Crippen molar-refractivity contribution in [1.82, 2.24) is 0 Å². The van der Waals surface area contributed by atoms with Gasteiger partial charge in [0.15, 0.2) is 0 Å². The van der Waals surface area contributed by atoms with Gasteiger partial charge in [-0.1, -0.05) is 25.1 Å². The zero-order chi connectivity index (χ0) is 14.5. The van der Waals surface area contributed by atoms with E-state index in [-0.39, 0.29) is 6.04 Å². The number of hydrogen-bond acceptors (Lipinski definition) is 3. The van der Waals surface area contributed by atoms with Gasteiger partial charge < -0.3 is 15.2 Å². The molecule has 3 nitrogen and oxygen atoms in total. The Morgan fingerprint density at radius 1 is 1.10 bits per heavy atom. The fourth-order valence-corrected chi connectivity index (χ4v) is 2.20. The third-order valence-corrected chi connectivity index (χ3v) is 3.24. The van der Waals surface area contributed by atoms with E-state index in [0.29, 0.717) is 0 Å². The Labute approximate surface area is 120 Å². The summed E-state index contributed by atoms with van der Waals surface area (Å²) in [5, 5.41) is 0. The average Bonchev–Trinajstić information content (AvgIpc) is 2.46. The second-order valence-corrected chi connectivity index (χ2v) is 4.76. The Bertz CT molecular complexity index is 579. The Kier molecular flexibility index (Phi) is 4.64. The van der Waals surface area contributed by atoms with Gasteiger partial charge in [-0.3, -0.25) is 0 Å². The van der Waals surface area contributed by atoms with Crippen molar-refractivity contribution in [3.8, 4) is 17.2 Å². The first-order valence-corrected chi connectivity index (χ1v) is 6.85. The average molecular weight is 271 g/mol. The molecule has 0 aliphatic heterocycles. The summed E-state index contributed by atoms with van der Waals surface area (Å²) in [6.07, 6.45) is 0.982. The largest absolute Gasteiger partial charge is 0.496 e. The molecule has 0 bridgehead atoms. The van der Waals surface area contributed by atoms with E-state index in [9.17, 15) is 0 Å². The van der Waals surface area contributed by atoms with Crippen molar-refractivity contribution in [3.63, 3.8) is 0 Å². The van der Waals surface area contributed by atoms with E-state index in [4.69, 9.17) is 15.2 Å². The molecule has 0 aliphatic rings. The van der Waals surface area contributed by atoms with Gasteiger partial charge in [-0.2, -0.15) is 0 Å². The molecular weight excluding hydrogens is 250 g/mol. The summed E-state index contributed by atoms with van der Waals surface area (Å²) in [4.78, 5) is 0. The highest BCUT2D eigenvalue weighted by atomic mass is 16.5. The first-order chi connectivity index (χ1) is 9.65. The molecule has 0 saturated heterocycles. The van der Waals surface area contributed by atoms with Crippen LogP contribution in [0.4, 0.5) is 0 Å². The van der Waals surface area contributed by atoms with Crippen LogP contribution in [0.15, 0.2) is 42.5 Å². The summed E-state index contributed by atoms with van der Waals surface area (Å²) in [5.74, 6) is 2.32. The minimum atomic E-state index is -0.157. The van der Waals surface area contributed by atoms with E-state index < -0.39 is 0 Å². The molecule has 0 fully saturated rings. The minimum Gasteiger partial charge on any atom is -0.496 e. The molecule has 0 spiro atoms. The lowest BCUT2D eigenvalue weighted by atomic mass is 10.1. The number of hydrogen-bond donors (Lipinski definition) is 1. The van der Waals surface area contributed by atoms with E-state index in [2.05, 4.69) is 13.0 Å². The summed E-state index contributed by atoms with van der Waals surface area (Å²) < 4.78 is 11.4. The van der Waals surface area contributed by atoms with Gasteiger partial charge in [0, 0.05) is 6.04 Å². The van der Waals surface area contributed by atoms with Gasteiger partial charge in [0.1, 0.15) is 17.2 Å². The predicted octanol–water partition coefficient (Wildman–Crippen LogP) is 4.07. The second-order valence-electron chi connectivity index (χ2n) is 4.76. The summed E-state index contributed by atoms with van der Waals surface area (Å²) in [6.45, 7) is 4.05. The predicted molar refractivity (Wildman–Crippen MR) is 81.5 cm³/mol. The van der Waals surface area contributed by atoms with Crippen LogP contribution in [0.3, 0.4) is 0 Å². The first kappa shape index (κ1) is 14.4. The molecule has 0 amide bonds. The van der Waals surface area contributed by atoms with Gasteiger partial charge >= 0.3 is 0 Å². The quantitative estimate of drug-likeness (QED) is 0.891. The van der Waals surface area contributed by atoms with Crippen LogP contribution in [-0.4, -0.2) is 7.11 Å². The van der Waals surface area contributed by atoms with Gasteiger partial charge in [-0.05, 0) is 43.2 Å². The second kappa shape index (κ2) is 6.44. The maximum Gasteiger partial charge on any atom is 0.135 e. The van der Waals surface area contributed by atoms with E-state index in [1.54, 1.807) is 7.11 Å². The Hall–Kier alpha value is -2.00. The SMILES string of the molecule is CCc1cccc(Oc2cccc(OC)c2[C@H](C)N)c1. The van der Waals surface area contributed by atoms with Crippen molar-refractivity contribution in [2.75, 3.05) is 7.11 Å². The van der Waals surface area contributed by atoms with Gasteiger partial charge in [-0.15, -0.1) is 0 Å². The lowest BCUT2D eigenvalue weighted by molar-refractivity contribution is 0.397. The normalized spacial score (nSPS) is 12.0. The van der Waals surface area contributed by atoms with Gasteiger partial charge in [0.2, 0.25) is 0 Å². The van der Waals surface area contributed by atoms with E-state index in [1.165, 1.54) is 5.56 Å². The molecule has 2 aromatic carbocycles. The lowest BCUT2D eigenvalue weighted by Crippen LogP contribution is -2.08. The molecule has 0 heterocycles. The number of ether oxygens (including phenoxy) is 2. The highest BCUT2D eigenvalue weighted by molar-refractivity contribution is 5.48. The third kappa shape index (κ3) is 3.11. The summed E-state index contributed by atoms with van der Waals surface area (Å²) in [7, 11) is 1.64. The minimum absolute atomic E-state index is 0.157. The molecule has 106 valence electrons. The first-order valence-electron chi connectivity index (χ1n) is 6.85. The van der Waals surface area contributed by atoms with Crippen LogP contribution in [0, 0.1) is 0 Å². The molecule has 0 aromatic heterocycles. The van der Waals surface area contributed by atoms with Gasteiger partial charge in [0.25, 0.3) is 0 Å². The van der Waals surface area contributed by atoms with Gasteiger partial charge in [0.05, 0.1) is 12.7 Å². The monoisotopic (exact) mass is 271 g/mol. The van der Waals surface area contributed by atoms with Crippen LogP contribution < -0.4 is 15.2 Å². The summed E-state index contributed by atoms with van der Waals surface area (Å²) in [5.41, 5.74) is 8.17. The molecule has 0 radical (unpaired) electrons. The van der Waals surface area contributed by atoms with Crippen LogP contribution in [0.25, 0.3) is 0 Å². The van der Waals surface area contributed by atoms with Crippen molar-refractivity contribution in [1.29, 1.82) is 0 Å². The number of methoxy groups -OCH3 is 1. The highest BCUT2D eigenvalue weighted by Crippen LogP contribution is 2.35. The summed E-state index contributed by atoms with van der Waals surface area (Å²) in [6, 6.07) is 13.6. The topological polar surface area (TPSA) is 44.5 Å². The fraction of sp³-hybridized carbons (Fsp3) is 0.294. The fourth-order valence-electron chi connectivity index (χ4n) is 2.20. The molecular formula is C17H21NO2. The van der Waals surface area contributed by atoms with E-state index in [0.717, 1.165) is 29.2 Å². The molecule has 2 rings (SSSR count). The number of aryl methyl sites for hydroxylation is 1. The maximum absolute atomic E-state index is 6.04. The summed E-state index contributed by atoms with van der Waals surface area (Å²) >= 11 is 0. The van der Waals surface area contributed by atoms with Crippen molar-refractivity contribution in [2.24, 2.45) is 5.73 Å². The molecule has 20 heavy (non-hydrogen) atoms. The standard InChI is InChI=1S/C17H21NO2/c1-4-13-7-5-8-14(11-13)20-16-10-6-9-15(19-3)17(16)12(2)18/h5-12H,4,18H2,1-3H3/t12-/m0/s1. The molecule has 0 unspecified atom stereocenters. The van der Waals surface area contributed by atoms with E-state index in [1.807, 2.05) is 43.3 Å². The number of nitrogens with two attached hydrogens (primary N) is 1. The Balaban J connectivity index is 2.37. The third-order valence-electron chi connectivity index (χ3n) is 3.24. The van der Waals surface area contributed by atoms with Crippen molar-refractivity contribution in [3.05, 3.63) is 53.6 Å². The van der Waals surface area contributed by atoms with Crippen molar-refractivity contribution < 1.29 is 9.47 Å². The molecule has 0 aliphatic carbocycles. The number of rotatable bonds is 5. The van der Waals surface area contributed by atoms with Crippen LogP contribution in [-0.2, 0) is 6.42 Å². The highest BCUT2D eigenvalue weighted by Gasteiger charge is 2.14. The lowest BCUT2D eigenvalue weighted by Gasteiger charge is -2.17. The van der Waals surface area contributed by atoms with E-state index >= 15 is 0 Å². The molecule has 3 heteroatoms. The molecule has 2 N–H and O–H groups in total. The van der Waals surface area contributed by atoms with Crippen molar-refractivity contribution >= 4 is 0 Å². The van der Waals surface area contributed by atoms with Crippen LogP contribution in [0.1, 0.15) is 31.0 Å². The Morgan fingerprint density at radius 3 is 2.45 bits per heavy atom. The van der Waals surface area contributed by atoms with Crippen LogP contribution in [0.2, 0.25) is 0 Å². The van der Waals surface area contributed by atoms with Crippen LogP contribution >= 0.6 is 0 Å². The van der Waals surface area contributed by atoms with Crippen LogP contribution in [0.5, 0.6) is 17.2 Å². The zero-order valence-electron chi connectivity index (χ0n) is 12.2. The van der Waals surface area contributed by atoms with Gasteiger partial charge in [-0.25, -0.2) is 0 Å². The molecule has 2 aromatic rings. The smallest absolute Gasteiger partial charge is 0.135 e. The molecule has 1 atom stereocenters. The zero-order valence-corrected chi connectivity index (χ0v) is 12.2. The molecule has 0 saturated carbocycles.